The Labute approximate surface area is 198 Å². The third kappa shape index (κ3) is 22.8. The Morgan fingerprint density at radius 3 is 1.52 bits per heavy atom. The molecule has 0 N–H and O–H groups in total. The summed E-state index contributed by atoms with van der Waals surface area (Å²) in [4.78, 5) is 13.4. The summed E-state index contributed by atoms with van der Waals surface area (Å²) in [6.45, 7) is 6.53. The fourth-order valence-electron chi connectivity index (χ4n) is 4.17. The van der Waals surface area contributed by atoms with Gasteiger partial charge in [0.2, 0.25) is 5.91 Å². The van der Waals surface area contributed by atoms with E-state index in [4.69, 9.17) is 0 Å². The zero-order valence-corrected chi connectivity index (χ0v) is 22.3. The van der Waals surface area contributed by atoms with Crippen LogP contribution in [-0.2, 0) is 16.0 Å². The van der Waals surface area contributed by atoms with E-state index in [-0.39, 0.29) is 0 Å². The molecule has 1 unspecified atom stereocenters. The van der Waals surface area contributed by atoms with Crippen LogP contribution in [0, 0.1) is 0 Å². The van der Waals surface area contributed by atoms with Crippen molar-refractivity contribution >= 4 is 17.1 Å². The van der Waals surface area contributed by atoms with Crippen LogP contribution in [0.4, 0.5) is 0 Å². The van der Waals surface area contributed by atoms with Gasteiger partial charge in [-0.1, -0.05) is 121 Å². The van der Waals surface area contributed by atoms with Gasteiger partial charge in [-0.25, -0.2) is 0 Å². The molecule has 0 aliphatic carbocycles. The van der Waals surface area contributed by atoms with Gasteiger partial charge in [-0.05, 0) is 25.7 Å². The van der Waals surface area contributed by atoms with E-state index in [1.54, 1.807) is 6.26 Å². The molecule has 0 bridgehead atoms. The third-order valence-corrected chi connectivity index (χ3v) is 7.10. The highest BCUT2D eigenvalue weighted by Gasteiger charge is 2.18. The molecule has 0 spiro atoms. The molecule has 1 atom stereocenters. The average Bonchev–Trinajstić information content (AvgIpc) is 3.16. The lowest BCUT2D eigenvalue weighted by atomic mass is 10.1. The Kier molecular flexibility index (Phi) is 24.2. The van der Waals surface area contributed by atoms with E-state index < -0.39 is 11.2 Å². The summed E-state index contributed by atoms with van der Waals surface area (Å²) >= 11 is -0.576. The zero-order valence-electron chi connectivity index (χ0n) is 21.4. The summed E-state index contributed by atoms with van der Waals surface area (Å²) in [7, 11) is 0. The van der Waals surface area contributed by atoms with Gasteiger partial charge in [0.25, 0.3) is 0 Å². The Bertz CT molecular complexity index is 376. The Morgan fingerprint density at radius 1 is 0.710 bits per heavy atom. The van der Waals surface area contributed by atoms with Crippen LogP contribution in [0.2, 0.25) is 0 Å². The van der Waals surface area contributed by atoms with Crippen LogP contribution in [-0.4, -0.2) is 40.5 Å². The van der Waals surface area contributed by atoms with Crippen LogP contribution < -0.4 is 0 Å². The second-order valence-electron chi connectivity index (χ2n) is 9.42. The molecule has 1 amide bonds. The first-order valence-corrected chi connectivity index (χ1v) is 15.4. The standard InChI is InChI=1S/C16H31NO.C11H24OS/c1-2-3-4-5-6-7-8-9-10-11-14-17-15-12-13-16(17)18;1-3-4-5-6-7-8-9-10-11-13(2)12/h2-15H2,1H3;3-11H2,1-2H3. The highest BCUT2D eigenvalue weighted by molar-refractivity contribution is 7.90. The molecule has 0 aromatic heterocycles. The minimum atomic E-state index is -0.576. The van der Waals surface area contributed by atoms with Gasteiger partial charge in [-0.2, -0.15) is 0 Å². The third-order valence-electron chi connectivity index (χ3n) is 6.24. The average molecular weight is 458 g/mol. The number of hydrogen-bond acceptors (Lipinski definition) is 2. The van der Waals surface area contributed by atoms with Gasteiger partial charge in [0.05, 0.1) is 6.26 Å². The first kappa shape index (κ1) is 30.8. The Morgan fingerprint density at radius 2 is 1.13 bits per heavy atom. The van der Waals surface area contributed by atoms with Crippen LogP contribution >= 0.6 is 0 Å². The summed E-state index contributed by atoms with van der Waals surface area (Å²) in [5, 5.41) is 0. The minimum absolute atomic E-state index is 0.380. The molecule has 3 nitrogen and oxygen atoms in total. The fraction of sp³-hybridized carbons (Fsp3) is 0.963. The van der Waals surface area contributed by atoms with Crippen molar-refractivity contribution in [3.05, 3.63) is 0 Å². The van der Waals surface area contributed by atoms with Gasteiger partial charge >= 0.3 is 0 Å². The predicted octanol–water partition coefficient (Wildman–Crippen LogP) is 8.04. The normalized spacial score (nSPS) is 14.6. The summed E-state index contributed by atoms with van der Waals surface area (Å²) in [6, 6.07) is 0. The highest BCUT2D eigenvalue weighted by Crippen LogP contribution is 2.13. The number of rotatable bonds is 20. The van der Waals surface area contributed by atoms with Crippen molar-refractivity contribution in [1.29, 1.82) is 0 Å². The van der Waals surface area contributed by atoms with Crippen molar-refractivity contribution in [3.63, 3.8) is 0 Å². The number of hydrogen-bond donors (Lipinski definition) is 0. The number of unbranched alkanes of at least 4 members (excludes halogenated alkanes) is 16. The van der Waals surface area contributed by atoms with Crippen LogP contribution in [0.5, 0.6) is 0 Å². The Hall–Kier alpha value is -0.220. The molecule has 0 aromatic rings. The molecular formula is C27H55NO2S. The molecule has 1 rings (SSSR count). The van der Waals surface area contributed by atoms with E-state index in [1.807, 2.05) is 4.90 Å². The van der Waals surface area contributed by atoms with Gasteiger partial charge in [0, 0.05) is 19.5 Å². The number of amides is 1. The maximum atomic E-state index is 11.4. The van der Waals surface area contributed by atoms with Crippen molar-refractivity contribution < 1.29 is 9.35 Å². The topological polar surface area (TPSA) is 43.4 Å². The van der Waals surface area contributed by atoms with Crippen LogP contribution in [0.1, 0.15) is 142 Å². The molecule has 1 heterocycles. The summed E-state index contributed by atoms with van der Waals surface area (Å²) in [5.74, 6) is 1.28. The lowest BCUT2D eigenvalue weighted by Gasteiger charge is -2.14. The molecule has 1 aliphatic heterocycles. The monoisotopic (exact) mass is 457 g/mol. The smallest absolute Gasteiger partial charge is 0.222 e. The van der Waals surface area contributed by atoms with E-state index in [2.05, 4.69) is 13.8 Å². The van der Waals surface area contributed by atoms with E-state index >= 15 is 0 Å². The molecule has 186 valence electrons. The molecule has 31 heavy (non-hydrogen) atoms. The van der Waals surface area contributed by atoms with Crippen molar-refractivity contribution in [1.82, 2.24) is 4.90 Å². The first-order valence-electron chi connectivity index (χ1n) is 13.7. The van der Waals surface area contributed by atoms with E-state index in [1.165, 1.54) is 109 Å². The summed E-state index contributed by atoms with van der Waals surface area (Å²) in [6.07, 6.45) is 28.0. The quantitative estimate of drug-likeness (QED) is 0.137. The van der Waals surface area contributed by atoms with E-state index in [0.717, 1.165) is 38.1 Å². The lowest BCUT2D eigenvalue weighted by Crippen LogP contribution is -2.25. The number of nitrogens with zero attached hydrogens (tertiary/aromatic N) is 1. The zero-order chi connectivity index (χ0) is 23.0. The van der Waals surface area contributed by atoms with Gasteiger partial charge in [0.15, 0.2) is 0 Å². The Balaban J connectivity index is 0.000000615. The van der Waals surface area contributed by atoms with Gasteiger partial charge in [-0.3, -0.25) is 4.79 Å². The molecule has 0 aromatic carbocycles. The number of carbonyl (C=O) groups excluding carboxylic acids is 1. The number of likely N-dealkylation sites (tertiary alicyclic amines) is 1. The molecule has 0 radical (unpaired) electrons. The van der Waals surface area contributed by atoms with Gasteiger partial charge < -0.3 is 9.45 Å². The molecule has 0 saturated carbocycles. The predicted molar refractivity (Wildman–Crippen MR) is 139 cm³/mol. The molecule has 1 aliphatic rings. The van der Waals surface area contributed by atoms with Crippen molar-refractivity contribution in [3.8, 4) is 0 Å². The van der Waals surface area contributed by atoms with Crippen molar-refractivity contribution in [2.75, 3.05) is 25.1 Å². The van der Waals surface area contributed by atoms with Crippen molar-refractivity contribution in [2.24, 2.45) is 0 Å². The van der Waals surface area contributed by atoms with Crippen LogP contribution in [0.3, 0.4) is 0 Å². The number of carbonyl (C=O) groups is 1. The summed E-state index contributed by atoms with van der Waals surface area (Å²) < 4.78 is 10.7. The van der Waals surface area contributed by atoms with Crippen LogP contribution in [0.25, 0.3) is 0 Å². The maximum absolute atomic E-state index is 11.4. The molecular weight excluding hydrogens is 402 g/mol. The summed E-state index contributed by atoms with van der Waals surface area (Å²) in [5.41, 5.74) is 0. The highest BCUT2D eigenvalue weighted by atomic mass is 32.2. The van der Waals surface area contributed by atoms with E-state index in [0.29, 0.717) is 5.91 Å². The van der Waals surface area contributed by atoms with Gasteiger partial charge in [0.1, 0.15) is 5.75 Å². The molecule has 4 heteroatoms. The largest absolute Gasteiger partial charge is 0.617 e. The van der Waals surface area contributed by atoms with Gasteiger partial charge in [-0.15, -0.1) is 0 Å². The lowest BCUT2D eigenvalue weighted by molar-refractivity contribution is -0.127. The van der Waals surface area contributed by atoms with Crippen LogP contribution in [0.15, 0.2) is 0 Å². The minimum Gasteiger partial charge on any atom is -0.617 e. The fourth-order valence-corrected chi connectivity index (χ4v) is 4.78. The van der Waals surface area contributed by atoms with E-state index in [9.17, 15) is 9.35 Å². The SMILES string of the molecule is CCCCCCCCCCCCN1CCCC1=O.CCCCCCCCCC[S+](C)[O-]. The second kappa shape index (κ2) is 24.4. The maximum Gasteiger partial charge on any atom is 0.222 e. The molecule has 1 fully saturated rings. The molecule has 1 saturated heterocycles. The first-order chi connectivity index (χ1) is 15.1. The second-order valence-corrected chi connectivity index (χ2v) is 11.0. The van der Waals surface area contributed by atoms with Crippen molar-refractivity contribution in [2.45, 2.75) is 142 Å².